The Balaban J connectivity index is 1.96. The van der Waals surface area contributed by atoms with E-state index >= 15 is 0 Å². The predicted molar refractivity (Wildman–Crippen MR) is 86.2 cm³/mol. The lowest BCUT2D eigenvalue weighted by Crippen LogP contribution is -2.21. The molecule has 0 saturated heterocycles. The molecule has 21 heavy (non-hydrogen) atoms. The van der Waals surface area contributed by atoms with Crippen molar-refractivity contribution in [2.75, 3.05) is 5.01 Å². The number of rotatable bonds is 2. The normalized spacial score (nSPS) is 16.5. The van der Waals surface area contributed by atoms with Crippen molar-refractivity contribution in [3.8, 4) is 0 Å². The fourth-order valence-electron chi connectivity index (χ4n) is 2.36. The van der Waals surface area contributed by atoms with E-state index in [-0.39, 0.29) is 5.91 Å². The van der Waals surface area contributed by atoms with E-state index in [4.69, 9.17) is 0 Å². The van der Waals surface area contributed by atoms with E-state index in [0.29, 0.717) is 5.57 Å². The van der Waals surface area contributed by atoms with Crippen LogP contribution in [0.1, 0.15) is 18.1 Å². The standard InChI is InChI=1S/C18H16N2O/c1-13-7-6-8-15(11-13)12-17-14(2)19-20(18(17)21)16-9-4-3-5-10-16/h3-12H,1-2H3. The Hall–Kier alpha value is -2.68. The average Bonchev–Trinajstić information content (AvgIpc) is 2.76. The van der Waals surface area contributed by atoms with Gasteiger partial charge in [-0.2, -0.15) is 10.1 Å². The highest BCUT2D eigenvalue weighted by Crippen LogP contribution is 2.24. The van der Waals surface area contributed by atoms with Gasteiger partial charge in [0.15, 0.2) is 0 Å². The van der Waals surface area contributed by atoms with Crippen LogP contribution in [0.25, 0.3) is 6.08 Å². The molecule has 3 nitrogen and oxygen atoms in total. The number of anilines is 1. The topological polar surface area (TPSA) is 32.7 Å². The lowest BCUT2D eigenvalue weighted by Gasteiger charge is -2.11. The Morgan fingerprint density at radius 2 is 1.76 bits per heavy atom. The van der Waals surface area contributed by atoms with Gasteiger partial charge in [0.25, 0.3) is 5.91 Å². The predicted octanol–water partition coefficient (Wildman–Crippen LogP) is 3.80. The number of carbonyl (C=O) groups is 1. The number of hydrogen-bond donors (Lipinski definition) is 0. The highest BCUT2D eigenvalue weighted by Gasteiger charge is 2.28. The summed E-state index contributed by atoms with van der Waals surface area (Å²) in [6.07, 6.45) is 1.90. The maximum absolute atomic E-state index is 12.5. The number of para-hydroxylation sites is 1. The molecule has 3 heteroatoms. The van der Waals surface area contributed by atoms with Crippen molar-refractivity contribution < 1.29 is 4.79 Å². The van der Waals surface area contributed by atoms with Crippen molar-refractivity contribution >= 4 is 23.4 Å². The number of amides is 1. The highest BCUT2D eigenvalue weighted by molar-refractivity contribution is 6.32. The third-order valence-corrected chi connectivity index (χ3v) is 3.42. The molecule has 0 bridgehead atoms. The molecule has 1 heterocycles. The average molecular weight is 276 g/mol. The molecule has 0 radical (unpaired) electrons. The Morgan fingerprint density at radius 1 is 1.00 bits per heavy atom. The van der Waals surface area contributed by atoms with Gasteiger partial charge in [-0.05, 0) is 37.6 Å². The van der Waals surface area contributed by atoms with Gasteiger partial charge in [-0.1, -0.05) is 48.0 Å². The van der Waals surface area contributed by atoms with Crippen LogP contribution in [0.15, 0.2) is 65.3 Å². The molecule has 3 rings (SSSR count). The van der Waals surface area contributed by atoms with Gasteiger partial charge in [0.2, 0.25) is 0 Å². The number of carbonyl (C=O) groups excluding carboxylic acids is 1. The van der Waals surface area contributed by atoms with Crippen LogP contribution in [0.4, 0.5) is 5.69 Å². The molecule has 0 unspecified atom stereocenters. The zero-order valence-corrected chi connectivity index (χ0v) is 12.1. The molecule has 0 aromatic heterocycles. The van der Waals surface area contributed by atoms with Crippen molar-refractivity contribution in [3.05, 3.63) is 71.3 Å². The molecule has 1 aliphatic heterocycles. The van der Waals surface area contributed by atoms with Gasteiger partial charge in [-0.25, -0.2) is 0 Å². The molecule has 0 fully saturated rings. The Morgan fingerprint density at radius 3 is 2.48 bits per heavy atom. The largest absolute Gasteiger partial charge is 0.280 e. The van der Waals surface area contributed by atoms with Gasteiger partial charge < -0.3 is 0 Å². The summed E-state index contributed by atoms with van der Waals surface area (Å²) in [6.45, 7) is 3.90. The first-order valence-corrected chi connectivity index (χ1v) is 6.88. The van der Waals surface area contributed by atoms with Crippen LogP contribution in [0.2, 0.25) is 0 Å². The summed E-state index contributed by atoms with van der Waals surface area (Å²) < 4.78 is 0. The molecule has 2 aromatic rings. The molecule has 1 aliphatic rings. The summed E-state index contributed by atoms with van der Waals surface area (Å²) in [7, 11) is 0. The van der Waals surface area contributed by atoms with Gasteiger partial charge in [0.1, 0.15) is 0 Å². The molecular formula is C18H16N2O. The minimum Gasteiger partial charge on any atom is -0.267 e. The molecule has 0 atom stereocenters. The quantitative estimate of drug-likeness (QED) is 0.768. The number of hydrazone groups is 1. The second-order valence-corrected chi connectivity index (χ2v) is 5.11. The van der Waals surface area contributed by atoms with Gasteiger partial charge in [-0.3, -0.25) is 4.79 Å². The van der Waals surface area contributed by atoms with Crippen molar-refractivity contribution in [1.82, 2.24) is 0 Å². The molecular weight excluding hydrogens is 260 g/mol. The molecule has 0 N–H and O–H groups in total. The second-order valence-electron chi connectivity index (χ2n) is 5.11. The van der Waals surface area contributed by atoms with Crippen LogP contribution in [-0.2, 0) is 4.79 Å². The number of nitrogens with zero attached hydrogens (tertiary/aromatic N) is 2. The first kappa shape index (κ1) is 13.3. The Kier molecular flexibility index (Phi) is 3.40. The van der Waals surface area contributed by atoms with Crippen molar-refractivity contribution in [2.45, 2.75) is 13.8 Å². The third kappa shape index (κ3) is 2.63. The molecule has 2 aromatic carbocycles. The van der Waals surface area contributed by atoms with Crippen LogP contribution in [0, 0.1) is 6.92 Å². The Labute approximate surface area is 124 Å². The van der Waals surface area contributed by atoms with E-state index in [1.54, 1.807) is 0 Å². The van der Waals surface area contributed by atoms with Gasteiger partial charge >= 0.3 is 0 Å². The van der Waals surface area contributed by atoms with Crippen LogP contribution < -0.4 is 5.01 Å². The molecule has 0 aliphatic carbocycles. The molecule has 104 valence electrons. The summed E-state index contributed by atoms with van der Waals surface area (Å²) in [5.41, 5.74) is 4.36. The summed E-state index contributed by atoms with van der Waals surface area (Å²) in [4.78, 5) is 12.5. The lowest BCUT2D eigenvalue weighted by molar-refractivity contribution is -0.114. The SMILES string of the molecule is CC1=NN(c2ccccc2)C(=O)C1=Cc1cccc(C)c1. The maximum Gasteiger partial charge on any atom is 0.280 e. The van der Waals surface area contributed by atoms with Gasteiger partial charge in [0.05, 0.1) is 17.0 Å². The zero-order valence-electron chi connectivity index (χ0n) is 12.1. The molecule has 0 spiro atoms. The summed E-state index contributed by atoms with van der Waals surface area (Å²) in [6, 6.07) is 17.5. The van der Waals surface area contributed by atoms with E-state index < -0.39 is 0 Å². The highest BCUT2D eigenvalue weighted by atomic mass is 16.2. The smallest absolute Gasteiger partial charge is 0.267 e. The van der Waals surface area contributed by atoms with Crippen LogP contribution in [-0.4, -0.2) is 11.6 Å². The van der Waals surface area contributed by atoms with Crippen molar-refractivity contribution in [3.63, 3.8) is 0 Å². The first-order valence-electron chi connectivity index (χ1n) is 6.88. The van der Waals surface area contributed by atoms with Crippen molar-refractivity contribution in [2.24, 2.45) is 5.10 Å². The lowest BCUT2D eigenvalue weighted by atomic mass is 10.1. The maximum atomic E-state index is 12.5. The van der Waals surface area contributed by atoms with Crippen LogP contribution in [0.3, 0.4) is 0 Å². The second kappa shape index (κ2) is 5.37. The Bertz CT molecular complexity index is 745. The monoisotopic (exact) mass is 276 g/mol. The summed E-state index contributed by atoms with van der Waals surface area (Å²) in [5.74, 6) is -0.0831. The van der Waals surface area contributed by atoms with E-state index in [1.807, 2.05) is 68.5 Å². The number of benzene rings is 2. The minimum absolute atomic E-state index is 0.0831. The third-order valence-electron chi connectivity index (χ3n) is 3.42. The fraction of sp³-hybridized carbons (Fsp3) is 0.111. The molecule has 1 amide bonds. The van der Waals surface area contributed by atoms with E-state index in [1.165, 1.54) is 10.6 Å². The zero-order chi connectivity index (χ0) is 14.8. The van der Waals surface area contributed by atoms with Crippen LogP contribution >= 0.6 is 0 Å². The minimum atomic E-state index is -0.0831. The summed E-state index contributed by atoms with van der Waals surface area (Å²) >= 11 is 0. The van der Waals surface area contributed by atoms with Gasteiger partial charge in [0, 0.05) is 0 Å². The van der Waals surface area contributed by atoms with E-state index in [9.17, 15) is 4.79 Å². The number of aryl methyl sites for hydroxylation is 1. The molecule has 0 saturated carbocycles. The first-order chi connectivity index (χ1) is 10.1. The van der Waals surface area contributed by atoms with Gasteiger partial charge in [-0.15, -0.1) is 0 Å². The van der Waals surface area contributed by atoms with E-state index in [2.05, 4.69) is 11.2 Å². The van der Waals surface area contributed by atoms with Crippen molar-refractivity contribution in [1.29, 1.82) is 0 Å². The number of hydrogen-bond acceptors (Lipinski definition) is 2. The fourth-order valence-corrected chi connectivity index (χ4v) is 2.36. The van der Waals surface area contributed by atoms with Crippen LogP contribution in [0.5, 0.6) is 0 Å². The summed E-state index contributed by atoms with van der Waals surface area (Å²) in [5, 5.41) is 5.83. The van der Waals surface area contributed by atoms with E-state index in [0.717, 1.165) is 17.0 Å².